The average molecular weight is 215 g/mol. The summed E-state index contributed by atoms with van der Waals surface area (Å²) in [5.41, 5.74) is 0. The van der Waals surface area contributed by atoms with Gasteiger partial charge in [-0.2, -0.15) is 4.36 Å². The smallest absolute Gasteiger partial charge is 0.254 e. The molecule has 0 aromatic heterocycles. The van der Waals surface area contributed by atoms with Crippen LogP contribution in [0.15, 0.2) is 4.36 Å². The van der Waals surface area contributed by atoms with Gasteiger partial charge in [-0.3, -0.25) is 4.79 Å². The fraction of sp³-hybridized carbons (Fsp3) is 0.667. The molecule has 0 atom stereocenters. The molecule has 0 spiro atoms. The van der Waals surface area contributed by atoms with E-state index in [9.17, 15) is 9.00 Å². The monoisotopic (exact) mass is 215 g/mol. The van der Waals surface area contributed by atoms with Crippen LogP contribution in [-0.2, 0) is 19.3 Å². The van der Waals surface area contributed by atoms with Gasteiger partial charge in [-0.1, -0.05) is 0 Å². The molecule has 0 radical (unpaired) electrons. The summed E-state index contributed by atoms with van der Waals surface area (Å²) in [4.78, 5) is 11.2. The molecule has 4 nitrogen and oxygen atoms in total. The van der Waals surface area contributed by atoms with Crippen LogP contribution in [0.5, 0.6) is 0 Å². The van der Waals surface area contributed by atoms with Gasteiger partial charge < -0.3 is 4.74 Å². The molecule has 1 heterocycles. The predicted molar refractivity (Wildman–Crippen MR) is 54.2 cm³/mol. The fourth-order valence-electron chi connectivity index (χ4n) is 1.08. The topological polar surface area (TPSA) is 55.7 Å². The second kappa shape index (κ2) is 5.13. The first-order chi connectivity index (χ1) is 6.66. The molecule has 1 saturated heterocycles. The minimum atomic E-state index is -2.34. The van der Waals surface area contributed by atoms with Crippen molar-refractivity contribution in [3.63, 3.8) is 0 Å². The summed E-state index contributed by atoms with van der Waals surface area (Å²) in [7, 11) is -2.34. The van der Waals surface area contributed by atoms with E-state index in [0.29, 0.717) is 31.1 Å². The maximum atomic E-state index is 11.9. The third-order valence-electron chi connectivity index (χ3n) is 1.84. The van der Waals surface area contributed by atoms with E-state index in [4.69, 9.17) is 11.2 Å². The van der Waals surface area contributed by atoms with Crippen LogP contribution in [0.2, 0.25) is 0 Å². The Hall–Kier alpha value is -0.860. The number of amides is 1. The first-order valence-electron chi connectivity index (χ1n) is 4.43. The summed E-state index contributed by atoms with van der Waals surface area (Å²) < 4.78 is 20.6. The summed E-state index contributed by atoms with van der Waals surface area (Å²) in [6.07, 6.45) is 5.55. The summed E-state index contributed by atoms with van der Waals surface area (Å²) in [6.45, 7) is 0.843. The first-order valence-corrected chi connectivity index (χ1v) is 6.28. The van der Waals surface area contributed by atoms with E-state index in [2.05, 4.69) is 10.3 Å². The molecule has 0 unspecified atom stereocenters. The average Bonchev–Trinajstić information content (AvgIpc) is 2.15. The molecule has 5 heteroatoms. The molecule has 1 aliphatic heterocycles. The third-order valence-corrected chi connectivity index (χ3v) is 3.99. The van der Waals surface area contributed by atoms with Crippen LogP contribution in [0.1, 0.15) is 12.8 Å². The van der Waals surface area contributed by atoms with Crippen LogP contribution in [0.3, 0.4) is 0 Å². The van der Waals surface area contributed by atoms with E-state index in [-0.39, 0.29) is 12.3 Å². The number of carbonyl (C=O) groups excluding carboxylic acids is 1. The van der Waals surface area contributed by atoms with Crippen molar-refractivity contribution < 1.29 is 13.7 Å². The highest BCUT2D eigenvalue weighted by Gasteiger charge is 2.16. The van der Waals surface area contributed by atoms with Crippen LogP contribution >= 0.6 is 0 Å². The van der Waals surface area contributed by atoms with Crippen molar-refractivity contribution in [1.82, 2.24) is 0 Å². The zero-order valence-electron chi connectivity index (χ0n) is 7.90. The zero-order valence-corrected chi connectivity index (χ0v) is 8.72. The third kappa shape index (κ3) is 3.48. The van der Waals surface area contributed by atoms with Gasteiger partial charge in [-0.15, -0.1) is 12.3 Å². The van der Waals surface area contributed by atoms with Gasteiger partial charge in [-0.05, 0) is 0 Å². The van der Waals surface area contributed by atoms with Crippen LogP contribution < -0.4 is 0 Å². The maximum Gasteiger partial charge on any atom is 0.254 e. The van der Waals surface area contributed by atoms with Crippen molar-refractivity contribution in [3.05, 3.63) is 0 Å². The Morgan fingerprint density at radius 3 is 2.71 bits per heavy atom. The molecule has 1 amide bonds. The lowest BCUT2D eigenvalue weighted by Crippen LogP contribution is -2.26. The number of terminal acetylenes is 1. The lowest BCUT2D eigenvalue weighted by Gasteiger charge is -2.15. The van der Waals surface area contributed by atoms with Crippen molar-refractivity contribution in [2.45, 2.75) is 12.8 Å². The lowest BCUT2D eigenvalue weighted by molar-refractivity contribution is -0.117. The second-order valence-corrected chi connectivity index (χ2v) is 5.53. The van der Waals surface area contributed by atoms with Gasteiger partial charge in [0, 0.05) is 12.8 Å². The van der Waals surface area contributed by atoms with Gasteiger partial charge in [0.05, 0.1) is 34.4 Å². The van der Waals surface area contributed by atoms with Crippen molar-refractivity contribution >= 4 is 15.6 Å². The Balaban J connectivity index is 2.61. The molecule has 0 saturated carbocycles. The highest BCUT2D eigenvalue weighted by Crippen LogP contribution is 2.05. The minimum Gasteiger partial charge on any atom is -0.379 e. The summed E-state index contributed by atoms with van der Waals surface area (Å²) >= 11 is 0. The second-order valence-electron chi connectivity index (χ2n) is 2.98. The predicted octanol–water partition coefficient (Wildman–Crippen LogP) is 0.425. The van der Waals surface area contributed by atoms with Gasteiger partial charge in [0.15, 0.2) is 0 Å². The van der Waals surface area contributed by atoms with Gasteiger partial charge in [0.2, 0.25) is 0 Å². The standard InChI is InChI=1S/C9H13NO3S/c1-2-3-4-9(11)10-14(12)7-5-13-6-8-14/h1H,3-8H2. The largest absolute Gasteiger partial charge is 0.379 e. The van der Waals surface area contributed by atoms with E-state index in [1.807, 2.05) is 0 Å². The highest BCUT2D eigenvalue weighted by atomic mass is 32.2. The van der Waals surface area contributed by atoms with E-state index >= 15 is 0 Å². The molecule has 0 aromatic carbocycles. The van der Waals surface area contributed by atoms with Crippen molar-refractivity contribution in [1.29, 1.82) is 0 Å². The molecule has 0 aliphatic carbocycles. The van der Waals surface area contributed by atoms with Crippen molar-refractivity contribution in [3.8, 4) is 12.3 Å². The van der Waals surface area contributed by atoms with Crippen molar-refractivity contribution in [2.75, 3.05) is 24.7 Å². The molecule has 0 bridgehead atoms. The fourth-order valence-corrected chi connectivity index (χ4v) is 2.69. The number of hydrogen-bond acceptors (Lipinski definition) is 3. The summed E-state index contributed by atoms with van der Waals surface area (Å²) in [5.74, 6) is 2.71. The van der Waals surface area contributed by atoms with Gasteiger partial charge in [-0.25, -0.2) is 4.21 Å². The lowest BCUT2D eigenvalue weighted by atomic mass is 10.3. The van der Waals surface area contributed by atoms with Crippen LogP contribution in [0, 0.1) is 12.3 Å². The van der Waals surface area contributed by atoms with E-state index in [0.717, 1.165) is 0 Å². The highest BCUT2D eigenvalue weighted by molar-refractivity contribution is 7.93. The number of rotatable bonds is 2. The Morgan fingerprint density at radius 1 is 1.50 bits per heavy atom. The minimum absolute atomic E-state index is 0.189. The molecule has 1 rings (SSSR count). The van der Waals surface area contributed by atoms with E-state index in [1.54, 1.807) is 0 Å². The molecule has 14 heavy (non-hydrogen) atoms. The van der Waals surface area contributed by atoms with Gasteiger partial charge in [0.1, 0.15) is 0 Å². The van der Waals surface area contributed by atoms with Gasteiger partial charge in [0.25, 0.3) is 5.91 Å². The van der Waals surface area contributed by atoms with E-state index < -0.39 is 9.73 Å². The molecule has 78 valence electrons. The van der Waals surface area contributed by atoms with Crippen LogP contribution in [-0.4, -0.2) is 34.8 Å². The van der Waals surface area contributed by atoms with E-state index in [1.165, 1.54) is 0 Å². The Bertz CT molecular complexity index is 349. The Kier molecular flexibility index (Phi) is 4.11. The number of nitrogens with zero attached hydrogens (tertiary/aromatic N) is 1. The van der Waals surface area contributed by atoms with Gasteiger partial charge >= 0.3 is 0 Å². The Morgan fingerprint density at radius 2 is 2.14 bits per heavy atom. The van der Waals surface area contributed by atoms with Crippen molar-refractivity contribution in [2.24, 2.45) is 4.36 Å². The summed E-state index contributed by atoms with van der Waals surface area (Å²) in [5, 5.41) is 0. The molecular weight excluding hydrogens is 202 g/mol. The number of hydrogen-bond donors (Lipinski definition) is 0. The van der Waals surface area contributed by atoms with Crippen LogP contribution in [0.25, 0.3) is 0 Å². The zero-order chi connectivity index (χ0) is 10.4. The number of ether oxygens (including phenoxy) is 1. The molecular formula is C9H13NO3S. The molecule has 1 fully saturated rings. The molecule has 1 aliphatic rings. The molecule has 0 N–H and O–H groups in total. The SMILES string of the molecule is C#CCCC(=O)N=S1(=O)CCOCC1. The number of carbonyl (C=O) groups is 1. The maximum absolute atomic E-state index is 11.9. The quantitative estimate of drug-likeness (QED) is 0.627. The molecule has 0 aromatic rings. The first kappa shape index (κ1) is 11.2. The normalized spacial score (nSPS) is 19.6. The Labute approximate surface area is 84.2 Å². The van der Waals surface area contributed by atoms with Crippen LogP contribution in [0.4, 0.5) is 0 Å². The summed E-state index contributed by atoms with van der Waals surface area (Å²) in [6, 6.07) is 0.